The number of carboxylic acids is 1. The quantitative estimate of drug-likeness (QED) is 0.536. The van der Waals surface area contributed by atoms with Gasteiger partial charge in [-0.15, -0.1) is 0 Å². The average Bonchev–Trinajstić information content (AvgIpc) is 3.13. The van der Waals surface area contributed by atoms with Crippen molar-refractivity contribution in [1.29, 1.82) is 0 Å². The number of unbranched alkanes of at least 4 members (excludes halogenated alkanes) is 2. The zero-order valence-corrected chi connectivity index (χ0v) is 11.3. The van der Waals surface area contributed by atoms with Crippen LogP contribution >= 0.6 is 0 Å². The van der Waals surface area contributed by atoms with E-state index < -0.39 is 12.0 Å². The highest BCUT2D eigenvalue weighted by Crippen LogP contribution is 2.32. The van der Waals surface area contributed by atoms with Crippen LogP contribution in [0.4, 0.5) is 0 Å². The lowest BCUT2D eigenvalue weighted by atomic mass is 10.1. The summed E-state index contributed by atoms with van der Waals surface area (Å²) in [6.45, 7) is 2.09. The number of aliphatic carboxylic acids is 1. The Hall–Kier alpha value is -1.59. The van der Waals surface area contributed by atoms with Gasteiger partial charge in [-0.2, -0.15) is 0 Å². The predicted molar refractivity (Wildman–Crippen MR) is 69.4 cm³/mol. The summed E-state index contributed by atoms with van der Waals surface area (Å²) in [5, 5.41) is 14.2. The van der Waals surface area contributed by atoms with Gasteiger partial charge in [-0.1, -0.05) is 6.42 Å². The number of carbonyl (C=O) groups is 3. The number of amides is 2. The molecule has 0 aromatic heterocycles. The number of carbonyl (C=O) groups excluding carboxylic acids is 2. The average molecular weight is 270 g/mol. The second kappa shape index (κ2) is 7.76. The van der Waals surface area contributed by atoms with Gasteiger partial charge in [-0.3, -0.25) is 9.59 Å². The normalized spacial score (nSPS) is 15.6. The molecule has 1 aliphatic rings. The van der Waals surface area contributed by atoms with Crippen LogP contribution in [0.5, 0.6) is 0 Å². The van der Waals surface area contributed by atoms with Crippen LogP contribution in [0.25, 0.3) is 0 Å². The third kappa shape index (κ3) is 6.79. The maximum Gasteiger partial charge on any atom is 0.326 e. The molecule has 0 bridgehead atoms. The summed E-state index contributed by atoms with van der Waals surface area (Å²) in [5.41, 5.74) is 0. The molecule has 6 heteroatoms. The van der Waals surface area contributed by atoms with E-state index in [1.54, 1.807) is 0 Å². The smallest absolute Gasteiger partial charge is 0.326 e. The van der Waals surface area contributed by atoms with Crippen LogP contribution in [0, 0.1) is 5.92 Å². The molecule has 0 aromatic rings. The van der Waals surface area contributed by atoms with Gasteiger partial charge in [-0.05, 0) is 31.6 Å². The predicted octanol–water partition coefficient (Wildman–Crippen LogP) is 0.662. The van der Waals surface area contributed by atoms with Crippen molar-refractivity contribution in [2.24, 2.45) is 5.92 Å². The summed E-state index contributed by atoms with van der Waals surface area (Å²) < 4.78 is 0. The Morgan fingerprint density at radius 3 is 2.42 bits per heavy atom. The van der Waals surface area contributed by atoms with E-state index in [0.717, 1.165) is 25.7 Å². The molecule has 6 nitrogen and oxygen atoms in total. The molecule has 1 unspecified atom stereocenters. The molecule has 19 heavy (non-hydrogen) atoms. The molecule has 0 radical (unpaired) electrons. The van der Waals surface area contributed by atoms with Gasteiger partial charge in [0.05, 0.1) is 0 Å². The third-order valence-electron chi connectivity index (χ3n) is 3.13. The topological polar surface area (TPSA) is 95.5 Å². The number of hydrogen-bond acceptors (Lipinski definition) is 3. The highest BCUT2D eigenvalue weighted by molar-refractivity contribution is 5.83. The van der Waals surface area contributed by atoms with Crippen LogP contribution in [0.15, 0.2) is 0 Å². The molecule has 1 saturated carbocycles. The molecule has 2 amide bonds. The summed E-state index contributed by atoms with van der Waals surface area (Å²) in [4.78, 5) is 33.1. The summed E-state index contributed by atoms with van der Waals surface area (Å²) in [5.74, 6) is -1.08. The Morgan fingerprint density at radius 2 is 1.89 bits per heavy atom. The molecular formula is C13H22N2O4. The van der Waals surface area contributed by atoms with Crippen molar-refractivity contribution in [2.75, 3.05) is 6.54 Å². The van der Waals surface area contributed by atoms with Crippen molar-refractivity contribution in [2.45, 2.75) is 51.5 Å². The summed E-state index contributed by atoms with van der Waals surface area (Å²) in [6.07, 6.45) is 4.49. The van der Waals surface area contributed by atoms with Crippen molar-refractivity contribution in [1.82, 2.24) is 10.6 Å². The first kappa shape index (κ1) is 15.5. The van der Waals surface area contributed by atoms with E-state index in [0.29, 0.717) is 19.4 Å². The number of carboxylic acid groups (broad SMARTS) is 1. The second-order valence-electron chi connectivity index (χ2n) is 5.01. The molecule has 108 valence electrons. The van der Waals surface area contributed by atoms with E-state index in [1.807, 2.05) is 0 Å². The Labute approximate surface area is 112 Å². The summed E-state index contributed by atoms with van der Waals surface area (Å²) in [7, 11) is 0. The summed E-state index contributed by atoms with van der Waals surface area (Å²) in [6, 6.07) is -0.716. The van der Waals surface area contributed by atoms with Gasteiger partial charge in [0.2, 0.25) is 11.8 Å². The van der Waals surface area contributed by atoms with Crippen molar-refractivity contribution in [3.05, 3.63) is 0 Å². The number of rotatable bonds is 9. The van der Waals surface area contributed by atoms with Gasteiger partial charge in [0.15, 0.2) is 0 Å². The summed E-state index contributed by atoms with van der Waals surface area (Å²) >= 11 is 0. The largest absolute Gasteiger partial charge is 0.480 e. The van der Waals surface area contributed by atoms with E-state index in [1.165, 1.54) is 6.92 Å². The first-order valence-corrected chi connectivity index (χ1v) is 6.77. The second-order valence-corrected chi connectivity index (χ2v) is 5.01. The minimum atomic E-state index is -0.943. The molecule has 1 rings (SSSR count). The van der Waals surface area contributed by atoms with Crippen LogP contribution in [-0.2, 0) is 14.4 Å². The van der Waals surface area contributed by atoms with Gasteiger partial charge >= 0.3 is 5.97 Å². The zero-order valence-electron chi connectivity index (χ0n) is 11.3. The van der Waals surface area contributed by atoms with Gasteiger partial charge in [0.1, 0.15) is 6.04 Å². The van der Waals surface area contributed by atoms with E-state index in [2.05, 4.69) is 10.6 Å². The van der Waals surface area contributed by atoms with E-state index in [4.69, 9.17) is 5.11 Å². The molecule has 0 spiro atoms. The van der Waals surface area contributed by atoms with E-state index in [-0.39, 0.29) is 17.7 Å². The third-order valence-corrected chi connectivity index (χ3v) is 3.13. The minimum absolute atomic E-state index is 0.0496. The fourth-order valence-electron chi connectivity index (χ4n) is 1.91. The molecule has 0 heterocycles. The van der Waals surface area contributed by atoms with Crippen LogP contribution < -0.4 is 10.6 Å². The van der Waals surface area contributed by atoms with Gasteiger partial charge < -0.3 is 15.7 Å². The van der Waals surface area contributed by atoms with Gasteiger partial charge in [-0.25, -0.2) is 4.79 Å². The van der Waals surface area contributed by atoms with E-state index in [9.17, 15) is 14.4 Å². The van der Waals surface area contributed by atoms with Gasteiger partial charge in [0, 0.05) is 19.9 Å². The Balaban J connectivity index is 2.07. The monoisotopic (exact) mass is 270 g/mol. The first-order chi connectivity index (χ1) is 9.00. The van der Waals surface area contributed by atoms with Crippen molar-refractivity contribution < 1.29 is 19.5 Å². The standard InChI is InChI=1S/C13H22N2O4/c1-9(16)14-8-4-2-3-5-11(17)15-12(13(18)19)10-6-7-10/h10,12H,2-8H2,1H3,(H,14,16)(H,15,17)(H,18,19). The molecule has 0 aliphatic heterocycles. The first-order valence-electron chi connectivity index (χ1n) is 6.77. The number of nitrogens with one attached hydrogen (secondary N) is 2. The van der Waals surface area contributed by atoms with E-state index >= 15 is 0 Å². The molecule has 1 aliphatic carbocycles. The molecule has 1 atom stereocenters. The maximum absolute atomic E-state index is 11.6. The molecule has 0 saturated heterocycles. The Morgan fingerprint density at radius 1 is 1.21 bits per heavy atom. The highest BCUT2D eigenvalue weighted by Gasteiger charge is 2.36. The van der Waals surface area contributed by atoms with Crippen molar-refractivity contribution in [3.63, 3.8) is 0 Å². The lowest BCUT2D eigenvalue weighted by Crippen LogP contribution is -2.42. The number of hydrogen-bond donors (Lipinski definition) is 3. The Kier molecular flexibility index (Phi) is 6.32. The van der Waals surface area contributed by atoms with Crippen LogP contribution in [0.1, 0.15) is 45.4 Å². The molecule has 1 fully saturated rings. The van der Waals surface area contributed by atoms with Crippen LogP contribution in [0.2, 0.25) is 0 Å². The molecular weight excluding hydrogens is 248 g/mol. The highest BCUT2D eigenvalue weighted by atomic mass is 16.4. The Bertz CT molecular complexity index is 340. The van der Waals surface area contributed by atoms with Crippen molar-refractivity contribution in [3.8, 4) is 0 Å². The van der Waals surface area contributed by atoms with Gasteiger partial charge in [0.25, 0.3) is 0 Å². The molecule has 0 aromatic carbocycles. The SMILES string of the molecule is CC(=O)NCCCCCC(=O)NC(C(=O)O)C1CC1. The fourth-order valence-corrected chi connectivity index (χ4v) is 1.91. The van der Waals surface area contributed by atoms with Crippen molar-refractivity contribution >= 4 is 17.8 Å². The van der Waals surface area contributed by atoms with Crippen LogP contribution in [-0.4, -0.2) is 35.5 Å². The lowest BCUT2D eigenvalue weighted by Gasteiger charge is -2.13. The van der Waals surface area contributed by atoms with Crippen LogP contribution in [0.3, 0.4) is 0 Å². The fraction of sp³-hybridized carbons (Fsp3) is 0.769. The molecule has 3 N–H and O–H groups in total. The maximum atomic E-state index is 11.6. The minimum Gasteiger partial charge on any atom is -0.480 e. The zero-order chi connectivity index (χ0) is 14.3. The lowest BCUT2D eigenvalue weighted by molar-refractivity contribution is -0.142.